The summed E-state index contributed by atoms with van der Waals surface area (Å²) in [4.78, 5) is 4.19. The maximum Gasteiger partial charge on any atom is 0.165 e. The predicted octanol–water partition coefficient (Wildman–Crippen LogP) is 2.62. The Labute approximate surface area is 153 Å². The zero-order valence-electron chi connectivity index (χ0n) is 15.3. The van der Waals surface area contributed by atoms with E-state index in [1.165, 1.54) is 18.7 Å². The first-order chi connectivity index (χ1) is 12.6. The van der Waals surface area contributed by atoms with Gasteiger partial charge in [0.1, 0.15) is 5.82 Å². The lowest BCUT2D eigenvalue weighted by Gasteiger charge is -2.21. The van der Waals surface area contributed by atoms with Crippen LogP contribution in [0.15, 0.2) is 36.5 Å². The number of ether oxygens (including phenoxy) is 1. The molecule has 7 N–H and O–H groups in total. The fourth-order valence-electron chi connectivity index (χ4n) is 3.49. The molecule has 1 aliphatic carbocycles. The van der Waals surface area contributed by atoms with Crippen molar-refractivity contribution in [1.82, 2.24) is 10.3 Å². The van der Waals surface area contributed by atoms with Crippen molar-refractivity contribution >= 4 is 5.82 Å². The van der Waals surface area contributed by atoms with Crippen LogP contribution in [0.4, 0.5) is 10.2 Å². The third kappa shape index (κ3) is 4.91. The lowest BCUT2D eigenvalue weighted by molar-refractivity contribution is 0.384. The number of nitrogens with two attached hydrogens (primary N) is 3. The molecule has 3 rings (SSSR count). The number of nitrogen functional groups attached to an aromatic ring is 1. The van der Waals surface area contributed by atoms with Gasteiger partial charge in [-0.25, -0.2) is 9.37 Å². The van der Waals surface area contributed by atoms with E-state index in [4.69, 9.17) is 10.5 Å². The average Bonchev–Trinajstić information content (AvgIpc) is 3.12. The number of hydrogen-bond acceptors (Lipinski definition) is 6. The van der Waals surface area contributed by atoms with E-state index in [0.717, 1.165) is 24.8 Å². The molecule has 1 aromatic heterocycles. The summed E-state index contributed by atoms with van der Waals surface area (Å²) in [6, 6.07) is 9.57. The predicted molar refractivity (Wildman–Crippen MR) is 102 cm³/mol. The van der Waals surface area contributed by atoms with Gasteiger partial charge in [-0.3, -0.25) is 11.7 Å². The summed E-state index contributed by atoms with van der Waals surface area (Å²) in [6.07, 6.45) is 5.23. The van der Waals surface area contributed by atoms with Crippen molar-refractivity contribution in [3.63, 3.8) is 0 Å². The number of aromatic nitrogens is 1. The van der Waals surface area contributed by atoms with Gasteiger partial charge < -0.3 is 15.8 Å². The maximum atomic E-state index is 13.5. The highest BCUT2D eigenvalue weighted by Gasteiger charge is 2.27. The van der Waals surface area contributed by atoms with E-state index in [1.54, 1.807) is 6.07 Å². The van der Waals surface area contributed by atoms with Gasteiger partial charge in [0.15, 0.2) is 11.6 Å². The van der Waals surface area contributed by atoms with Crippen LogP contribution in [0.5, 0.6) is 5.75 Å². The minimum absolute atomic E-state index is 0.146. The van der Waals surface area contributed by atoms with Crippen molar-refractivity contribution in [2.75, 3.05) is 12.8 Å². The van der Waals surface area contributed by atoms with Gasteiger partial charge in [-0.1, -0.05) is 12.1 Å². The number of methoxy groups -OCH3 is 1. The van der Waals surface area contributed by atoms with Gasteiger partial charge in [-0.15, -0.1) is 0 Å². The van der Waals surface area contributed by atoms with Crippen LogP contribution in [0.1, 0.15) is 49.3 Å². The molecule has 1 aromatic carbocycles. The largest absolute Gasteiger partial charge is 0.494 e. The average molecular weight is 361 g/mol. The normalized spacial score (nSPS) is 20.2. The lowest BCUT2D eigenvalue weighted by Crippen LogP contribution is -2.29. The Morgan fingerprint density at radius 2 is 2.00 bits per heavy atom. The summed E-state index contributed by atoms with van der Waals surface area (Å²) >= 11 is 0. The summed E-state index contributed by atoms with van der Waals surface area (Å²) in [5.74, 6) is 9.04. The van der Waals surface area contributed by atoms with Crippen LogP contribution >= 0.6 is 0 Å². The third-order valence-corrected chi connectivity index (χ3v) is 4.87. The molecular weight excluding hydrogens is 333 g/mol. The van der Waals surface area contributed by atoms with E-state index >= 15 is 0 Å². The van der Waals surface area contributed by atoms with Crippen molar-refractivity contribution in [3.05, 3.63) is 53.5 Å². The summed E-state index contributed by atoms with van der Waals surface area (Å²) in [6.45, 7) is 2.10. The molecule has 0 bridgehead atoms. The van der Waals surface area contributed by atoms with E-state index in [0.29, 0.717) is 23.5 Å². The van der Waals surface area contributed by atoms with Crippen LogP contribution in [0.2, 0.25) is 0 Å². The van der Waals surface area contributed by atoms with Gasteiger partial charge in [0.2, 0.25) is 0 Å². The number of halogens is 1. The maximum absolute atomic E-state index is 13.5. The molecule has 0 spiro atoms. The minimum atomic E-state index is -0.328. The second kappa shape index (κ2) is 9.47. The zero-order chi connectivity index (χ0) is 19.1. The molecule has 0 amide bonds. The quantitative estimate of drug-likeness (QED) is 0.481. The monoisotopic (exact) mass is 361 g/mol. The molecule has 1 heterocycles. The Morgan fingerprint density at radius 1 is 1.23 bits per heavy atom. The molecule has 1 aliphatic rings. The fourth-order valence-corrected chi connectivity index (χ4v) is 3.49. The van der Waals surface area contributed by atoms with Gasteiger partial charge in [0.25, 0.3) is 0 Å². The number of hydrogen-bond donors (Lipinski definition) is 4. The third-order valence-electron chi connectivity index (χ3n) is 4.87. The first-order valence-corrected chi connectivity index (χ1v) is 8.71. The summed E-state index contributed by atoms with van der Waals surface area (Å²) in [5, 5.41) is 3.65. The van der Waals surface area contributed by atoms with E-state index in [2.05, 4.69) is 35.0 Å². The van der Waals surface area contributed by atoms with Crippen LogP contribution in [0.3, 0.4) is 0 Å². The Morgan fingerprint density at radius 3 is 2.65 bits per heavy atom. The molecule has 1 fully saturated rings. The number of anilines is 1. The van der Waals surface area contributed by atoms with Crippen molar-refractivity contribution in [3.8, 4) is 5.75 Å². The van der Waals surface area contributed by atoms with E-state index in [1.807, 2.05) is 18.3 Å². The molecular formula is C19H28FN5O. The molecule has 26 heavy (non-hydrogen) atoms. The van der Waals surface area contributed by atoms with Crippen LogP contribution < -0.4 is 27.5 Å². The van der Waals surface area contributed by atoms with Crippen LogP contribution in [0.25, 0.3) is 0 Å². The highest BCUT2D eigenvalue weighted by Crippen LogP contribution is 2.35. The standard InChI is InChI=1S/C19H24FN3O.H4N2/c1-12(13-4-7-17(20)18(10-13)24-2)23-16-6-3-14(9-16)15-5-8-19(21)22-11-15;1-2/h4-5,7-8,10-12,14,16,23H,3,6,9H2,1-2H3,(H2,21,22);1-2H2/t12-,14-,16+;/m1./s1. The number of benzene rings is 1. The highest BCUT2D eigenvalue weighted by atomic mass is 19.1. The second-order valence-electron chi connectivity index (χ2n) is 6.51. The Balaban J connectivity index is 0.00000117. The first kappa shape index (κ1) is 20.1. The fraction of sp³-hybridized carbons (Fsp3) is 0.421. The molecule has 0 aliphatic heterocycles. The number of nitrogens with one attached hydrogen (secondary N) is 1. The number of nitrogens with zero attached hydrogens (tertiary/aromatic N) is 1. The van der Waals surface area contributed by atoms with Gasteiger partial charge in [0, 0.05) is 18.3 Å². The smallest absolute Gasteiger partial charge is 0.165 e. The van der Waals surface area contributed by atoms with Crippen LogP contribution in [-0.2, 0) is 0 Å². The number of hydrazine groups is 1. The SMILES string of the molecule is COc1cc([C@@H](C)N[C@H]2CC[C@@H](c3ccc(N)nc3)C2)ccc1F.NN. The van der Waals surface area contributed by atoms with Gasteiger partial charge >= 0.3 is 0 Å². The highest BCUT2D eigenvalue weighted by molar-refractivity contribution is 5.33. The van der Waals surface area contributed by atoms with Crippen molar-refractivity contribution in [2.24, 2.45) is 11.7 Å². The second-order valence-corrected chi connectivity index (χ2v) is 6.51. The van der Waals surface area contributed by atoms with E-state index in [-0.39, 0.29) is 11.9 Å². The van der Waals surface area contributed by atoms with Crippen molar-refractivity contribution in [2.45, 2.75) is 44.2 Å². The minimum Gasteiger partial charge on any atom is -0.494 e. The molecule has 3 atom stereocenters. The molecule has 0 radical (unpaired) electrons. The molecule has 142 valence electrons. The first-order valence-electron chi connectivity index (χ1n) is 8.71. The van der Waals surface area contributed by atoms with Crippen molar-refractivity contribution in [1.29, 1.82) is 0 Å². The molecule has 1 saturated carbocycles. The molecule has 7 heteroatoms. The Bertz CT molecular complexity index is 695. The molecule has 2 aromatic rings. The molecule has 6 nitrogen and oxygen atoms in total. The number of pyridine rings is 1. The van der Waals surface area contributed by atoms with Crippen LogP contribution in [-0.4, -0.2) is 18.1 Å². The van der Waals surface area contributed by atoms with Gasteiger partial charge in [0.05, 0.1) is 7.11 Å². The topological polar surface area (TPSA) is 112 Å². The number of rotatable bonds is 5. The van der Waals surface area contributed by atoms with Crippen LogP contribution in [0, 0.1) is 5.82 Å². The zero-order valence-corrected chi connectivity index (χ0v) is 15.3. The summed E-state index contributed by atoms with van der Waals surface area (Å²) in [7, 11) is 1.49. The lowest BCUT2D eigenvalue weighted by atomic mass is 9.99. The van der Waals surface area contributed by atoms with Gasteiger partial charge in [-0.2, -0.15) is 0 Å². The van der Waals surface area contributed by atoms with E-state index < -0.39 is 0 Å². The van der Waals surface area contributed by atoms with Crippen molar-refractivity contribution < 1.29 is 9.13 Å². The summed E-state index contributed by atoms with van der Waals surface area (Å²) in [5.41, 5.74) is 7.94. The summed E-state index contributed by atoms with van der Waals surface area (Å²) < 4.78 is 18.6. The van der Waals surface area contributed by atoms with E-state index in [9.17, 15) is 4.39 Å². The molecule has 0 unspecified atom stereocenters. The molecule has 0 saturated heterocycles. The van der Waals surface area contributed by atoms with Gasteiger partial charge in [-0.05, 0) is 61.4 Å². The Kier molecular flexibility index (Phi) is 7.32. The Hall–Kier alpha value is -2.22.